The number of carbonyl (C=O) groups is 2. The van der Waals surface area contributed by atoms with E-state index in [1.54, 1.807) is 0 Å². The summed E-state index contributed by atoms with van der Waals surface area (Å²) in [7, 11) is 0. The molecule has 4 heteroatoms. The molecule has 1 aliphatic heterocycles. The summed E-state index contributed by atoms with van der Waals surface area (Å²) in [6, 6.07) is 14.3. The fraction of sp³-hybridized carbons (Fsp3) is 0.385. The summed E-state index contributed by atoms with van der Waals surface area (Å²) in [4.78, 5) is 26.5. The van der Waals surface area contributed by atoms with Crippen molar-refractivity contribution < 1.29 is 14.3 Å². The zero-order valence-electron chi connectivity index (χ0n) is 17.4. The molecule has 4 nitrogen and oxygen atoms in total. The summed E-state index contributed by atoms with van der Waals surface area (Å²) >= 11 is 0. The summed E-state index contributed by atoms with van der Waals surface area (Å²) in [6.45, 7) is 1.94. The Morgan fingerprint density at radius 1 is 1.00 bits per heavy atom. The summed E-state index contributed by atoms with van der Waals surface area (Å²) in [6.07, 6.45) is 6.28. The Kier molecular flexibility index (Phi) is 4.93. The highest BCUT2D eigenvalue weighted by molar-refractivity contribution is 6.05. The topological polar surface area (TPSA) is 55.4 Å². The molecular weight excluding hydrogens is 374 g/mol. The van der Waals surface area contributed by atoms with Crippen molar-refractivity contribution in [3.8, 4) is 0 Å². The van der Waals surface area contributed by atoms with E-state index in [1.165, 1.54) is 0 Å². The van der Waals surface area contributed by atoms with Gasteiger partial charge in [-0.1, -0.05) is 42.5 Å². The second-order valence-corrected chi connectivity index (χ2v) is 8.65. The molecule has 0 amide bonds. The number of ketones is 1. The predicted molar refractivity (Wildman–Crippen MR) is 117 cm³/mol. The number of Topliss-reactive ketones (excluding diaryl/α,β-unsaturated/α-hetero) is 1. The van der Waals surface area contributed by atoms with Gasteiger partial charge >= 0.3 is 5.97 Å². The number of ether oxygens (including phenoxy) is 1. The van der Waals surface area contributed by atoms with E-state index >= 15 is 0 Å². The normalized spacial score (nSPS) is 22.3. The molecule has 0 radical (unpaired) electrons. The maximum atomic E-state index is 13.4. The van der Waals surface area contributed by atoms with Crippen LogP contribution in [-0.4, -0.2) is 17.9 Å². The van der Waals surface area contributed by atoms with Crippen molar-refractivity contribution in [3.05, 3.63) is 70.6 Å². The first-order chi connectivity index (χ1) is 14.6. The van der Waals surface area contributed by atoms with Crippen molar-refractivity contribution in [1.82, 2.24) is 5.32 Å². The highest BCUT2D eigenvalue weighted by atomic mass is 16.5. The van der Waals surface area contributed by atoms with Crippen LogP contribution in [0.1, 0.15) is 63.4 Å². The number of dihydropyridines is 1. The monoisotopic (exact) mass is 401 g/mol. The van der Waals surface area contributed by atoms with E-state index in [9.17, 15) is 9.59 Å². The quantitative estimate of drug-likeness (QED) is 0.710. The van der Waals surface area contributed by atoms with Gasteiger partial charge in [-0.3, -0.25) is 4.79 Å². The van der Waals surface area contributed by atoms with Gasteiger partial charge in [-0.2, -0.15) is 0 Å². The molecular formula is C26H27NO3. The molecule has 1 atom stereocenters. The number of rotatable bonds is 3. The fourth-order valence-electron chi connectivity index (χ4n) is 5.29. The van der Waals surface area contributed by atoms with Crippen molar-refractivity contribution in [2.45, 2.75) is 63.9 Å². The largest absolute Gasteiger partial charge is 0.459 e. The lowest BCUT2D eigenvalue weighted by molar-refractivity contribution is -0.144. The van der Waals surface area contributed by atoms with Gasteiger partial charge in [0.05, 0.1) is 5.57 Å². The number of fused-ring (bicyclic) bond motifs is 1. The lowest BCUT2D eigenvalue weighted by Gasteiger charge is -2.35. The van der Waals surface area contributed by atoms with Gasteiger partial charge in [0.15, 0.2) is 5.78 Å². The van der Waals surface area contributed by atoms with Crippen molar-refractivity contribution in [3.63, 3.8) is 0 Å². The minimum absolute atomic E-state index is 0.0107. The molecule has 1 saturated carbocycles. The number of hydrogen-bond acceptors (Lipinski definition) is 4. The van der Waals surface area contributed by atoms with Crippen molar-refractivity contribution in [2.24, 2.45) is 0 Å². The fourth-order valence-corrected chi connectivity index (χ4v) is 5.29. The summed E-state index contributed by atoms with van der Waals surface area (Å²) in [5.74, 6) is -0.524. The molecule has 0 bridgehead atoms. The molecule has 0 unspecified atom stereocenters. The number of nitrogens with one attached hydrogen (secondary N) is 1. The first kappa shape index (κ1) is 19.1. The predicted octanol–water partition coefficient (Wildman–Crippen LogP) is 5.29. The molecule has 30 heavy (non-hydrogen) atoms. The number of carbonyl (C=O) groups excluding carboxylic acids is 2. The zero-order valence-corrected chi connectivity index (χ0v) is 17.4. The second kappa shape index (κ2) is 7.75. The average Bonchev–Trinajstić information content (AvgIpc) is 3.25. The van der Waals surface area contributed by atoms with E-state index < -0.39 is 0 Å². The summed E-state index contributed by atoms with van der Waals surface area (Å²) in [5, 5.41) is 5.58. The van der Waals surface area contributed by atoms with Gasteiger partial charge in [0.2, 0.25) is 0 Å². The Morgan fingerprint density at radius 2 is 1.77 bits per heavy atom. The third-order valence-corrected chi connectivity index (χ3v) is 6.71. The van der Waals surface area contributed by atoms with E-state index in [0.717, 1.165) is 71.8 Å². The van der Waals surface area contributed by atoms with Crippen LogP contribution in [0.3, 0.4) is 0 Å². The first-order valence-corrected chi connectivity index (χ1v) is 11.1. The third-order valence-electron chi connectivity index (χ3n) is 6.71. The van der Waals surface area contributed by atoms with E-state index in [1.807, 2.05) is 25.1 Å². The van der Waals surface area contributed by atoms with Crippen molar-refractivity contribution in [2.75, 3.05) is 0 Å². The number of hydrogen-bond donors (Lipinski definition) is 1. The molecule has 5 rings (SSSR count). The SMILES string of the molecule is CC1=C(C(=O)OC2CCCC2)[C@H](c2cccc3ccccc23)C2=C(CCCC2=O)N1. The van der Waals surface area contributed by atoms with Crippen LogP contribution < -0.4 is 5.32 Å². The molecule has 1 fully saturated rings. The van der Waals surface area contributed by atoms with E-state index in [2.05, 4.69) is 29.6 Å². The molecule has 2 aliphatic carbocycles. The van der Waals surface area contributed by atoms with Gasteiger partial charge in [0, 0.05) is 29.3 Å². The van der Waals surface area contributed by atoms with Crippen LogP contribution in [0.4, 0.5) is 0 Å². The number of benzene rings is 2. The van der Waals surface area contributed by atoms with E-state index in [-0.39, 0.29) is 23.8 Å². The smallest absolute Gasteiger partial charge is 0.337 e. The Hall–Kier alpha value is -2.88. The van der Waals surface area contributed by atoms with Crippen LogP contribution in [0.5, 0.6) is 0 Å². The third kappa shape index (κ3) is 3.24. The molecule has 2 aromatic carbocycles. The molecule has 0 saturated heterocycles. The minimum Gasteiger partial charge on any atom is -0.459 e. The Bertz CT molecular complexity index is 1080. The molecule has 1 N–H and O–H groups in total. The van der Waals surface area contributed by atoms with Crippen LogP contribution in [0.15, 0.2) is 65.0 Å². The first-order valence-electron chi connectivity index (χ1n) is 11.1. The van der Waals surface area contributed by atoms with Gasteiger partial charge in [0.1, 0.15) is 6.10 Å². The highest BCUT2D eigenvalue weighted by Crippen LogP contribution is 2.44. The van der Waals surface area contributed by atoms with Crippen LogP contribution in [0.25, 0.3) is 10.8 Å². The van der Waals surface area contributed by atoms with Crippen LogP contribution in [0.2, 0.25) is 0 Å². The highest BCUT2D eigenvalue weighted by Gasteiger charge is 2.40. The van der Waals surface area contributed by atoms with E-state index in [0.29, 0.717) is 12.0 Å². The summed E-state index contributed by atoms with van der Waals surface area (Å²) < 4.78 is 5.93. The zero-order chi connectivity index (χ0) is 20.7. The maximum Gasteiger partial charge on any atom is 0.337 e. The van der Waals surface area contributed by atoms with Gasteiger partial charge in [0.25, 0.3) is 0 Å². The van der Waals surface area contributed by atoms with Crippen LogP contribution in [0, 0.1) is 0 Å². The molecule has 1 heterocycles. The van der Waals surface area contributed by atoms with Gasteiger partial charge < -0.3 is 10.1 Å². The van der Waals surface area contributed by atoms with Gasteiger partial charge in [-0.25, -0.2) is 4.79 Å². The number of esters is 1. The van der Waals surface area contributed by atoms with Crippen molar-refractivity contribution >= 4 is 22.5 Å². The maximum absolute atomic E-state index is 13.4. The van der Waals surface area contributed by atoms with Crippen LogP contribution >= 0.6 is 0 Å². The van der Waals surface area contributed by atoms with Gasteiger partial charge in [-0.15, -0.1) is 0 Å². The van der Waals surface area contributed by atoms with Crippen LogP contribution in [-0.2, 0) is 14.3 Å². The molecule has 0 aromatic heterocycles. The standard InChI is InChI=1S/C26H27NO3/c1-16-23(26(29)30-18-10-3-4-11-18)24(25-21(27-16)14-7-15-22(25)28)20-13-6-9-17-8-2-5-12-19(17)20/h2,5-6,8-9,12-13,18,24,27H,3-4,7,10-11,14-15H2,1H3/t24-/m0/s1. The number of allylic oxidation sites excluding steroid dienone is 3. The molecule has 2 aromatic rings. The molecule has 0 spiro atoms. The lowest BCUT2D eigenvalue weighted by atomic mass is 9.74. The van der Waals surface area contributed by atoms with Gasteiger partial charge in [-0.05, 0) is 61.8 Å². The molecule has 154 valence electrons. The van der Waals surface area contributed by atoms with E-state index in [4.69, 9.17) is 4.74 Å². The minimum atomic E-state index is -0.381. The Labute approximate surface area is 177 Å². The van der Waals surface area contributed by atoms with Crippen molar-refractivity contribution in [1.29, 1.82) is 0 Å². The summed E-state index contributed by atoms with van der Waals surface area (Å²) in [5.41, 5.74) is 4.13. The second-order valence-electron chi connectivity index (χ2n) is 8.65. The Morgan fingerprint density at radius 3 is 2.60 bits per heavy atom. The Balaban J connectivity index is 1.66. The average molecular weight is 402 g/mol. The molecule has 3 aliphatic rings. The lowest BCUT2D eigenvalue weighted by Crippen LogP contribution is -2.35.